The molecular formula is C20H19ClFN5O3. The van der Waals surface area contributed by atoms with E-state index in [-0.39, 0.29) is 35.8 Å². The van der Waals surface area contributed by atoms with Gasteiger partial charge in [0.2, 0.25) is 11.8 Å². The monoisotopic (exact) mass is 431 g/mol. The van der Waals surface area contributed by atoms with Crippen LogP contribution < -0.4 is 16.8 Å². The second-order valence-electron chi connectivity index (χ2n) is 6.64. The van der Waals surface area contributed by atoms with Gasteiger partial charge in [-0.05, 0) is 24.1 Å². The van der Waals surface area contributed by atoms with Gasteiger partial charge in [0.15, 0.2) is 5.69 Å². The predicted molar refractivity (Wildman–Crippen MR) is 109 cm³/mol. The lowest BCUT2D eigenvalue weighted by molar-refractivity contribution is -0.122. The molecule has 0 bridgehead atoms. The second-order valence-corrected chi connectivity index (χ2v) is 7.04. The maximum Gasteiger partial charge on any atom is 0.269 e. The molecule has 0 atom stereocenters. The van der Waals surface area contributed by atoms with Crippen molar-refractivity contribution in [2.75, 3.05) is 0 Å². The van der Waals surface area contributed by atoms with Crippen LogP contribution in [0.3, 0.4) is 0 Å². The van der Waals surface area contributed by atoms with Gasteiger partial charge in [-0.1, -0.05) is 35.9 Å². The number of carbonyl (C=O) groups is 3. The van der Waals surface area contributed by atoms with Gasteiger partial charge in [0.1, 0.15) is 12.4 Å². The fraction of sp³-hybridized carbons (Fsp3) is 0.200. The molecule has 3 rings (SSSR count). The standard InChI is InChI=1S/C20H19ClFN5O3/c21-13-5-1-4-12(18(13)22)9-25-16(29)10-27-14-6-2-3-11(7-8-15(23)28)17(14)19(26-27)20(24)30/h1-6H,7-10H2,(H2,23,28)(H2,24,30)(H,25,29). The molecule has 0 unspecified atom stereocenters. The summed E-state index contributed by atoms with van der Waals surface area (Å²) in [5.41, 5.74) is 12.1. The van der Waals surface area contributed by atoms with Crippen molar-refractivity contribution >= 4 is 40.2 Å². The van der Waals surface area contributed by atoms with Gasteiger partial charge in [0, 0.05) is 23.9 Å². The van der Waals surface area contributed by atoms with Crippen LogP contribution in [0.25, 0.3) is 10.9 Å². The lowest BCUT2D eigenvalue weighted by Gasteiger charge is -2.08. The summed E-state index contributed by atoms with van der Waals surface area (Å²) in [5.74, 6) is -2.28. The Morgan fingerprint density at radius 2 is 1.80 bits per heavy atom. The molecule has 156 valence electrons. The number of halogens is 2. The number of amides is 3. The third-order valence-corrected chi connectivity index (χ3v) is 4.83. The number of aryl methyl sites for hydroxylation is 1. The van der Waals surface area contributed by atoms with Gasteiger partial charge in [-0.2, -0.15) is 5.10 Å². The van der Waals surface area contributed by atoms with E-state index in [0.29, 0.717) is 22.9 Å². The number of aromatic nitrogens is 2. The van der Waals surface area contributed by atoms with Crippen LogP contribution in [0.15, 0.2) is 36.4 Å². The van der Waals surface area contributed by atoms with E-state index in [0.717, 1.165) is 0 Å². The zero-order valence-electron chi connectivity index (χ0n) is 15.8. The average Bonchev–Trinajstić information content (AvgIpc) is 3.07. The van der Waals surface area contributed by atoms with Gasteiger partial charge in [-0.3, -0.25) is 19.1 Å². The normalized spacial score (nSPS) is 10.9. The predicted octanol–water partition coefficient (Wildman–Crippen LogP) is 1.66. The first-order valence-electron chi connectivity index (χ1n) is 9.04. The molecule has 0 aliphatic carbocycles. The van der Waals surface area contributed by atoms with E-state index < -0.39 is 23.5 Å². The number of primary amides is 2. The quantitative estimate of drug-likeness (QED) is 0.500. The molecule has 8 nitrogen and oxygen atoms in total. The van der Waals surface area contributed by atoms with Gasteiger partial charge < -0.3 is 16.8 Å². The molecule has 30 heavy (non-hydrogen) atoms. The number of carbonyl (C=O) groups excluding carboxylic acids is 3. The minimum absolute atomic E-state index is 0.00115. The smallest absolute Gasteiger partial charge is 0.269 e. The minimum atomic E-state index is -0.758. The summed E-state index contributed by atoms with van der Waals surface area (Å²) in [6.07, 6.45) is 0.396. The number of nitrogens with two attached hydrogens (primary N) is 2. The highest BCUT2D eigenvalue weighted by Gasteiger charge is 2.19. The molecule has 0 saturated heterocycles. The highest BCUT2D eigenvalue weighted by Crippen LogP contribution is 2.24. The summed E-state index contributed by atoms with van der Waals surface area (Å²) in [7, 11) is 0. The second kappa shape index (κ2) is 8.91. The van der Waals surface area contributed by atoms with E-state index in [1.807, 2.05) is 0 Å². The van der Waals surface area contributed by atoms with Crippen molar-refractivity contribution < 1.29 is 18.8 Å². The van der Waals surface area contributed by atoms with Crippen molar-refractivity contribution in [1.82, 2.24) is 15.1 Å². The molecule has 0 radical (unpaired) electrons. The molecule has 1 aromatic heterocycles. The number of nitrogens with one attached hydrogen (secondary N) is 1. The third kappa shape index (κ3) is 4.57. The summed E-state index contributed by atoms with van der Waals surface area (Å²) in [5, 5.41) is 7.21. The number of benzene rings is 2. The SMILES string of the molecule is NC(=O)CCc1cccc2c1c(C(N)=O)nn2CC(=O)NCc1cccc(Cl)c1F. The van der Waals surface area contributed by atoms with E-state index in [1.165, 1.54) is 16.8 Å². The lowest BCUT2D eigenvalue weighted by atomic mass is 10.0. The first-order chi connectivity index (χ1) is 14.3. The molecule has 0 aliphatic heterocycles. The van der Waals surface area contributed by atoms with E-state index in [9.17, 15) is 18.8 Å². The van der Waals surface area contributed by atoms with Crippen LogP contribution in [0, 0.1) is 5.82 Å². The van der Waals surface area contributed by atoms with Crippen LogP contribution in [0.5, 0.6) is 0 Å². The minimum Gasteiger partial charge on any atom is -0.370 e. The van der Waals surface area contributed by atoms with Crippen molar-refractivity contribution in [3.05, 3.63) is 64.1 Å². The van der Waals surface area contributed by atoms with Crippen LogP contribution in [-0.2, 0) is 29.1 Å². The van der Waals surface area contributed by atoms with Crippen LogP contribution in [-0.4, -0.2) is 27.5 Å². The number of fused-ring (bicyclic) bond motifs is 1. The Hall–Kier alpha value is -3.46. The van der Waals surface area contributed by atoms with Crippen molar-refractivity contribution in [3.63, 3.8) is 0 Å². The fourth-order valence-corrected chi connectivity index (χ4v) is 3.32. The molecule has 3 amide bonds. The van der Waals surface area contributed by atoms with Crippen molar-refractivity contribution in [3.8, 4) is 0 Å². The lowest BCUT2D eigenvalue weighted by Crippen LogP contribution is -2.28. The molecule has 0 saturated carbocycles. The van der Waals surface area contributed by atoms with E-state index in [4.69, 9.17) is 23.1 Å². The van der Waals surface area contributed by atoms with Crippen molar-refractivity contribution in [1.29, 1.82) is 0 Å². The Bertz CT molecular complexity index is 1140. The summed E-state index contributed by atoms with van der Waals surface area (Å²) in [6.45, 7) is -0.276. The molecule has 0 fully saturated rings. The number of rotatable bonds is 8. The van der Waals surface area contributed by atoms with Crippen molar-refractivity contribution in [2.24, 2.45) is 11.5 Å². The first kappa shape index (κ1) is 21.3. The third-order valence-electron chi connectivity index (χ3n) is 4.54. The maximum atomic E-state index is 14.0. The Morgan fingerprint density at radius 3 is 2.50 bits per heavy atom. The van der Waals surface area contributed by atoms with Crippen LogP contribution >= 0.6 is 11.6 Å². The largest absolute Gasteiger partial charge is 0.370 e. The molecule has 0 spiro atoms. The van der Waals surface area contributed by atoms with Gasteiger partial charge in [0.05, 0.1) is 10.5 Å². The number of nitrogens with zero attached hydrogens (tertiary/aromatic N) is 2. The number of hydrogen-bond acceptors (Lipinski definition) is 4. The Morgan fingerprint density at radius 1 is 1.10 bits per heavy atom. The van der Waals surface area contributed by atoms with E-state index in [2.05, 4.69) is 10.4 Å². The van der Waals surface area contributed by atoms with Gasteiger partial charge >= 0.3 is 0 Å². The van der Waals surface area contributed by atoms with Crippen LogP contribution in [0.2, 0.25) is 5.02 Å². The van der Waals surface area contributed by atoms with Crippen LogP contribution in [0.1, 0.15) is 28.0 Å². The van der Waals surface area contributed by atoms with Gasteiger partial charge in [-0.25, -0.2) is 4.39 Å². The Balaban J connectivity index is 1.84. The van der Waals surface area contributed by atoms with E-state index in [1.54, 1.807) is 24.3 Å². The topological polar surface area (TPSA) is 133 Å². The summed E-state index contributed by atoms with van der Waals surface area (Å²) >= 11 is 5.74. The molecule has 5 N–H and O–H groups in total. The van der Waals surface area contributed by atoms with Crippen molar-refractivity contribution in [2.45, 2.75) is 25.9 Å². The average molecular weight is 432 g/mol. The Kier molecular flexibility index (Phi) is 6.31. The molecular weight excluding hydrogens is 413 g/mol. The molecule has 2 aromatic carbocycles. The Labute approximate surface area is 176 Å². The maximum absolute atomic E-state index is 14.0. The summed E-state index contributed by atoms with van der Waals surface area (Å²) in [6, 6.07) is 9.67. The zero-order valence-corrected chi connectivity index (χ0v) is 16.6. The highest BCUT2D eigenvalue weighted by atomic mass is 35.5. The summed E-state index contributed by atoms with van der Waals surface area (Å²) < 4.78 is 15.3. The molecule has 1 heterocycles. The van der Waals surface area contributed by atoms with Gasteiger partial charge in [0.25, 0.3) is 5.91 Å². The van der Waals surface area contributed by atoms with E-state index >= 15 is 0 Å². The zero-order chi connectivity index (χ0) is 21.8. The highest BCUT2D eigenvalue weighted by molar-refractivity contribution is 6.30. The first-order valence-corrected chi connectivity index (χ1v) is 9.41. The van der Waals surface area contributed by atoms with Gasteiger partial charge in [-0.15, -0.1) is 0 Å². The molecule has 0 aliphatic rings. The molecule has 10 heteroatoms. The fourth-order valence-electron chi connectivity index (χ4n) is 3.13. The number of hydrogen-bond donors (Lipinski definition) is 3. The van der Waals surface area contributed by atoms with Crippen LogP contribution in [0.4, 0.5) is 4.39 Å². The summed E-state index contributed by atoms with van der Waals surface area (Å²) in [4.78, 5) is 35.4. The molecule has 3 aromatic rings.